The average molecular weight is 273 g/mol. The maximum Gasteiger partial charge on any atom is 0.252 e. The molecule has 0 heterocycles. The Morgan fingerprint density at radius 3 is 2.75 bits per heavy atom. The van der Waals surface area contributed by atoms with Gasteiger partial charge in [0, 0.05) is 24.7 Å². The number of benzene rings is 1. The minimum Gasteiger partial charge on any atom is -0.351 e. The van der Waals surface area contributed by atoms with Gasteiger partial charge in [0.2, 0.25) is 0 Å². The highest BCUT2D eigenvalue weighted by Gasteiger charge is 2.09. The Labute approximate surface area is 121 Å². The summed E-state index contributed by atoms with van der Waals surface area (Å²) in [5.74, 6) is 5.61. The normalized spacial score (nSPS) is 10.3. The largest absolute Gasteiger partial charge is 0.351 e. The molecule has 0 aliphatic rings. The van der Waals surface area contributed by atoms with Crippen LogP contribution in [0.4, 0.5) is 0 Å². The maximum absolute atomic E-state index is 12.2. The van der Waals surface area contributed by atoms with Crippen molar-refractivity contribution in [3.63, 3.8) is 0 Å². The van der Waals surface area contributed by atoms with Crippen LogP contribution in [0.3, 0.4) is 0 Å². The molecule has 0 atom stereocenters. The lowest BCUT2D eigenvalue weighted by Crippen LogP contribution is -2.36. The number of nitrogens with one attached hydrogen (secondary N) is 1. The second-order valence-electron chi connectivity index (χ2n) is 4.88. The van der Waals surface area contributed by atoms with Crippen molar-refractivity contribution >= 4 is 5.91 Å². The first-order valence-electron chi connectivity index (χ1n) is 6.82. The zero-order valence-electron chi connectivity index (χ0n) is 12.4. The zero-order valence-corrected chi connectivity index (χ0v) is 12.4. The second-order valence-corrected chi connectivity index (χ2v) is 4.88. The lowest BCUT2D eigenvalue weighted by molar-refractivity contribution is 0.0948. The van der Waals surface area contributed by atoms with Gasteiger partial charge in [-0.05, 0) is 33.0 Å². The molecule has 0 fully saturated rings. The van der Waals surface area contributed by atoms with Crippen LogP contribution in [0.15, 0.2) is 24.3 Å². The van der Waals surface area contributed by atoms with Crippen molar-refractivity contribution < 1.29 is 4.79 Å². The molecular weight excluding hydrogens is 250 g/mol. The second kappa shape index (κ2) is 8.36. The molecule has 0 spiro atoms. The van der Waals surface area contributed by atoms with E-state index in [9.17, 15) is 4.79 Å². The number of amides is 1. The van der Waals surface area contributed by atoms with Crippen molar-refractivity contribution in [1.29, 1.82) is 0 Å². The number of carbonyl (C=O) groups is 1. The van der Waals surface area contributed by atoms with Crippen molar-refractivity contribution in [3.8, 4) is 11.8 Å². The Kier molecular flexibility index (Phi) is 6.78. The summed E-state index contributed by atoms with van der Waals surface area (Å²) in [6, 6.07) is 7.78. The van der Waals surface area contributed by atoms with Gasteiger partial charge in [-0.25, -0.2) is 0 Å². The molecule has 108 valence electrons. The van der Waals surface area contributed by atoms with E-state index in [1.54, 1.807) is 6.07 Å². The summed E-state index contributed by atoms with van der Waals surface area (Å²) in [4.78, 5) is 14.3. The fourth-order valence-electron chi connectivity index (χ4n) is 1.64. The minimum atomic E-state index is -0.0934. The summed E-state index contributed by atoms with van der Waals surface area (Å²) < 4.78 is 0. The molecule has 1 rings (SSSR count). The van der Waals surface area contributed by atoms with E-state index < -0.39 is 0 Å². The molecule has 20 heavy (non-hydrogen) atoms. The van der Waals surface area contributed by atoms with E-state index in [4.69, 9.17) is 5.73 Å². The molecule has 0 saturated carbocycles. The predicted molar refractivity (Wildman–Crippen MR) is 82.5 cm³/mol. The molecule has 0 saturated heterocycles. The van der Waals surface area contributed by atoms with Gasteiger partial charge in [-0.3, -0.25) is 4.79 Å². The number of likely N-dealkylation sites (N-methyl/N-ethyl adjacent to an activating group) is 1. The molecule has 0 radical (unpaired) electrons. The number of nitrogens with two attached hydrogens (primary N) is 1. The minimum absolute atomic E-state index is 0.0934. The third kappa shape index (κ3) is 5.04. The Balaban J connectivity index is 2.64. The summed E-state index contributed by atoms with van der Waals surface area (Å²) in [5, 5.41) is 2.92. The Morgan fingerprint density at radius 1 is 1.40 bits per heavy atom. The van der Waals surface area contributed by atoms with Crippen molar-refractivity contribution in [2.24, 2.45) is 5.73 Å². The molecule has 1 aromatic carbocycles. The Hall–Kier alpha value is -1.83. The molecule has 0 aliphatic carbocycles. The van der Waals surface area contributed by atoms with Gasteiger partial charge in [0.05, 0.1) is 12.1 Å². The van der Waals surface area contributed by atoms with Crippen molar-refractivity contribution in [2.75, 3.05) is 26.7 Å². The summed E-state index contributed by atoms with van der Waals surface area (Å²) in [7, 11) is 2.04. The van der Waals surface area contributed by atoms with E-state index in [0.29, 0.717) is 23.7 Å². The highest BCUT2D eigenvalue weighted by Crippen LogP contribution is 2.07. The van der Waals surface area contributed by atoms with Gasteiger partial charge < -0.3 is 16.0 Å². The molecule has 1 amide bonds. The van der Waals surface area contributed by atoms with Crippen LogP contribution in [0.5, 0.6) is 0 Å². The first kappa shape index (κ1) is 16.2. The number of hydrogen-bond donors (Lipinski definition) is 2. The lowest BCUT2D eigenvalue weighted by Gasteiger charge is -2.20. The van der Waals surface area contributed by atoms with Crippen LogP contribution >= 0.6 is 0 Å². The smallest absolute Gasteiger partial charge is 0.252 e. The van der Waals surface area contributed by atoms with Crippen LogP contribution < -0.4 is 11.1 Å². The summed E-state index contributed by atoms with van der Waals surface area (Å²) in [6.07, 6.45) is 0. The monoisotopic (exact) mass is 273 g/mol. The van der Waals surface area contributed by atoms with E-state index in [1.807, 2.05) is 25.2 Å². The fraction of sp³-hybridized carbons (Fsp3) is 0.438. The topological polar surface area (TPSA) is 58.4 Å². The predicted octanol–water partition coefficient (Wildman–Crippen LogP) is 1.07. The quantitative estimate of drug-likeness (QED) is 0.789. The van der Waals surface area contributed by atoms with Crippen molar-refractivity contribution in [2.45, 2.75) is 19.9 Å². The van der Waals surface area contributed by atoms with Gasteiger partial charge >= 0.3 is 0 Å². The third-order valence-electron chi connectivity index (χ3n) is 3.13. The third-order valence-corrected chi connectivity index (χ3v) is 3.13. The van der Waals surface area contributed by atoms with Gasteiger partial charge in [-0.1, -0.05) is 24.0 Å². The summed E-state index contributed by atoms with van der Waals surface area (Å²) in [5.41, 5.74) is 6.68. The SMILES string of the molecule is CC(C)N(C)CCNC(=O)c1ccccc1C#CCN. The average Bonchev–Trinajstić information content (AvgIpc) is 2.45. The van der Waals surface area contributed by atoms with E-state index in [0.717, 1.165) is 6.54 Å². The zero-order chi connectivity index (χ0) is 15.0. The lowest BCUT2D eigenvalue weighted by atomic mass is 10.1. The van der Waals surface area contributed by atoms with Crippen LogP contribution in [-0.4, -0.2) is 43.5 Å². The van der Waals surface area contributed by atoms with E-state index in [-0.39, 0.29) is 12.5 Å². The van der Waals surface area contributed by atoms with Crippen molar-refractivity contribution in [1.82, 2.24) is 10.2 Å². The van der Waals surface area contributed by atoms with E-state index >= 15 is 0 Å². The van der Waals surface area contributed by atoms with Crippen LogP contribution in [0, 0.1) is 11.8 Å². The summed E-state index contributed by atoms with van der Waals surface area (Å²) in [6.45, 7) is 5.97. The maximum atomic E-state index is 12.2. The molecule has 3 N–H and O–H groups in total. The molecule has 0 aliphatic heterocycles. The Bertz CT molecular complexity index is 500. The number of nitrogens with zero attached hydrogens (tertiary/aromatic N) is 1. The van der Waals surface area contributed by atoms with Crippen LogP contribution in [0.1, 0.15) is 29.8 Å². The first-order valence-corrected chi connectivity index (χ1v) is 6.82. The van der Waals surface area contributed by atoms with E-state index in [1.165, 1.54) is 0 Å². The van der Waals surface area contributed by atoms with E-state index in [2.05, 4.69) is 35.9 Å². The molecule has 0 bridgehead atoms. The molecule has 0 unspecified atom stereocenters. The standard InChI is InChI=1S/C16H23N3O/c1-13(2)19(3)12-11-18-16(20)15-9-5-4-7-14(15)8-6-10-17/h4-5,7,9,13H,10-12,17H2,1-3H3,(H,18,20). The fourth-order valence-corrected chi connectivity index (χ4v) is 1.64. The van der Waals surface area contributed by atoms with Gasteiger partial charge in [-0.15, -0.1) is 0 Å². The molecule has 4 heteroatoms. The molecule has 1 aromatic rings. The van der Waals surface area contributed by atoms with Gasteiger partial charge in [0.25, 0.3) is 5.91 Å². The number of carbonyl (C=O) groups excluding carboxylic acids is 1. The highest BCUT2D eigenvalue weighted by atomic mass is 16.1. The Morgan fingerprint density at radius 2 is 2.10 bits per heavy atom. The van der Waals surface area contributed by atoms with Crippen LogP contribution in [0.2, 0.25) is 0 Å². The van der Waals surface area contributed by atoms with Gasteiger partial charge in [0.15, 0.2) is 0 Å². The van der Waals surface area contributed by atoms with Gasteiger partial charge in [0.1, 0.15) is 0 Å². The first-order chi connectivity index (χ1) is 9.56. The molecule has 4 nitrogen and oxygen atoms in total. The van der Waals surface area contributed by atoms with Crippen molar-refractivity contribution in [3.05, 3.63) is 35.4 Å². The number of hydrogen-bond acceptors (Lipinski definition) is 3. The van der Waals surface area contributed by atoms with Gasteiger partial charge in [-0.2, -0.15) is 0 Å². The highest BCUT2D eigenvalue weighted by molar-refractivity contribution is 5.96. The molecule has 0 aromatic heterocycles. The molecular formula is C16H23N3O. The number of rotatable bonds is 5. The van der Waals surface area contributed by atoms with Crippen LogP contribution in [0.25, 0.3) is 0 Å². The van der Waals surface area contributed by atoms with Crippen LogP contribution in [-0.2, 0) is 0 Å². The summed E-state index contributed by atoms with van der Waals surface area (Å²) >= 11 is 0.